The number of nitrogens with zero attached hydrogens (tertiary/aromatic N) is 1. The van der Waals surface area contributed by atoms with Gasteiger partial charge in [-0.1, -0.05) is 24.3 Å². The topological polar surface area (TPSA) is 98.9 Å². The number of aromatic hydroxyl groups is 1. The Morgan fingerprint density at radius 3 is 2.50 bits per heavy atom. The molecule has 3 aromatic rings. The van der Waals surface area contributed by atoms with Crippen LogP contribution in [0.25, 0.3) is 21.5 Å². The number of carbonyl (C=O) groups is 1. The molecule has 122 valence electrons. The SMILES string of the molecule is COC(=O)c1cc(O)c(OC)c2c1c([N+](=O)[O-])cc1ccccc12. The van der Waals surface area contributed by atoms with Gasteiger partial charge < -0.3 is 14.6 Å². The molecular weight excluding hydrogens is 314 g/mol. The maximum Gasteiger partial charge on any atom is 0.338 e. The normalized spacial score (nSPS) is 10.8. The Morgan fingerprint density at radius 2 is 1.88 bits per heavy atom. The molecule has 0 aromatic heterocycles. The number of ether oxygens (including phenoxy) is 2. The molecule has 0 saturated carbocycles. The van der Waals surface area contributed by atoms with Crippen molar-refractivity contribution in [3.05, 3.63) is 52.1 Å². The predicted octanol–water partition coefficient (Wildman–Crippen LogP) is 3.40. The zero-order valence-electron chi connectivity index (χ0n) is 12.9. The van der Waals surface area contributed by atoms with E-state index in [9.17, 15) is 20.0 Å². The number of benzene rings is 3. The van der Waals surface area contributed by atoms with Crippen molar-refractivity contribution in [1.29, 1.82) is 0 Å². The van der Waals surface area contributed by atoms with E-state index in [1.165, 1.54) is 20.3 Å². The fraction of sp³-hybridized carbons (Fsp3) is 0.118. The predicted molar refractivity (Wildman–Crippen MR) is 87.7 cm³/mol. The summed E-state index contributed by atoms with van der Waals surface area (Å²) in [5, 5.41) is 23.4. The molecule has 3 rings (SSSR count). The van der Waals surface area contributed by atoms with E-state index < -0.39 is 10.9 Å². The van der Waals surface area contributed by atoms with E-state index in [-0.39, 0.29) is 28.1 Å². The van der Waals surface area contributed by atoms with Gasteiger partial charge in [-0.05, 0) is 16.8 Å². The lowest BCUT2D eigenvalue weighted by Crippen LogP contribution is -2.05. The van der Waals surface area contributed by atoms with Crippen LogP contribution in [-0.4, -0.2) is 30.2 Å². The Kier molecular flexibility index (Phi) is 3.69. The summed E-state index contributed by atoms with van der Waals surface area (Å²) in [7, 11) is 2.52. The molecule has 0 heterocycles. The molecule has 24 heavy (non-hydrogen) atoms. The van der Waals surface area contributed by atoms with Crippen molar-refractivity contribution < 1.29 is 24.3 Å². The van der Waals surface area contributed by atoms with Crippen molar-refractivity contribution in [3.8, 4) is 11.5 Å². The number of esters is 1. The first-order chi connectivity index (χ1) is 11.5. The zero-order valence-corrected chi connectivity index (χ0v) is 12.9. The molecule has 0 atom stereocenters. The molecule has 7 heteroatoms. The third kappa shape index (κ3) is 2.18. The van der Waals surface area contributed by atoms with Crippen molar-refractivity contribution in [2.75, 3.05) is 14.2 Å². The highest BCUT2D eigenvalue weighted by Gasteiger charge is 2.26. The van der Waals surface area contributed by atoms with Gasteiger partial charge in [0.15, 0.2) is 11.5 Å². The minimum atomic E-state index is -0.781. The highest BCUT2D eigenvalue weighted by atomic mass is 16.6. The van der Waals surface area contributed by atoms with Gasteiger partial charge in [0.05, 0.1) is 30.1 Å². The minimum absolute atomic E-state index is 0.0672. The fourth-order valence-electron chi connectivity index (χ4n) is 2.87. The lowest BCUT2D eigenvalue weighted by atomic mass is 9.95. The molecule has 0 aliphatic carbocycles. The summed E-state index contributed by atoms with van der Waals surface area (Å²) < 4.78 is 9.95. The fourth-order valence-corrected chi connectivity index (χ4v) is 2.87. The van der Waals surface area contributed by atoms with Crippen molar-refractivity contribution in [3.63, 3.8) is 0 Å². The maximum atomic E-state index is 12.1. The lowest BCUT2D eigenvalue weighted by molar-refractivity contribution is -0.383. The van der Waals surface area contributed by atoms with Crippen molar-refractivity contribution in [1.82, 2.24) is 0 Å². The average molecular weight is 327 g/mol. The van der Waals surface area contributed by atoms with Gasteiger partial charge in [-0.25, -0.2) is 4.79 Å². The standard InChI is InChI=1S/C17H13NO6/c1-23-16-13(19)8-11(17(20)24-2)14-12(18(21)22)7-9-5-3-4-6-10(9)15(14)16/h3-8,19H,1-2H3. The van der Waals surface area contributed by atoms with Crippen molar-refractivity contribution >= 4 is 33.2 Å². The van der Waals surface area contributed by atoms with Gasteiger partial charge in [0.25, 0.3) is 5.69 Å². The Labute approximate surface area is 136 Å². The number of hydrogen-bond donors (Lipinski definition) is 1. The van der Waals surface area contributed by atoms with Gasteiger partial charge in [0.2, 0.25) is 0 Å². The van der Waals surface area contributed by atoms with Crippen LogP contribution in [0.1, 0.15) is 10.4 Å². The number of carbonyl (C=O) groups excluding carboxylic acids is 1. The summed E-state index contributed by atoms with van der Waals surface area (Å²) >= 11 is 0. The number of hydrogen-bond acceptors (Lipinski definition) is 6. The Balaban J connectivity index is 2.68. The molecule has 0 amide bonds. The van der Waals surface area contributed by atoms with Crippen LogP contribution in [0.3, 0.4) is 0 Å². The molecule has 1 N–H and O–H groups in total. The number of rotatable bonds is 3. The van der Waals surface area contributed by atoms with Crippen LogP contribution in [0, 0.1) is 10.1 Å². The van der Waals surface area contributed by atoms with E-state index in [1.54, 1.807) is 24.3 Å². The largest absolute Gasteiger partial charge is 0.504 e. The molecule has 0 saturated heterocycles. The van der Waals surface area contributed by atoms with Crippen LogP contribution in [0.4, 0.5) is 5.69 Å². The first kappa shape index (κ1) is 15.5. The Morgan fingerprint density at radius 1 is 1.17 bits per heavy atom. The summed E-state index contributed by atoms with van der Waals surface area (Å²) in [5.41, 5.74) is -0.356. The van der Waals surface area contributed by atoms with Gasteiger partial charge >= 0.3 is 5.97 Å². The number of nitro benzene ring substituents is 1. The molecule has 0 aliphatic heterocycles. The highest BCUT2D eigenvalue weighted by Crippen LogP contribution is 2.45. The van der Waals surface area contributed by atoms with E-state index >= 15 is 0 Å². The molecule has 0 aliphatic rings. The average Bonchev–Trinajstić information content (AvgIpc) is 2.59. The molecular formula is C17H13NO6. The lowest BCUT2D eigenvalue weighted by Gasteiger charge is -2.14. The molecule has 7 nitrogen and oxygen atoms in total. The summed E-state index contributed by atoms with van der Waals surface area (Å²) in [6.07, 6.45) is 0. The van der Waals surface area contributed by atoms with Gasteiger partial charge in [-0.15, -0.1) is 0 Å². The zero-order chi connectivity index (χ0) is 17.4. The summed E-state index contributed by atoms with van der Waals surface area (Å²) in [4.78, 5) is 23.1. The monoisotopic (exact) mass is 327 g/mol. The Bertz CT molecular complexity index is 995. The molecule has 0 unspecified atom stereocenters. The number of non-ortho nitro benzene ring substituents is 1. The number of nitro groups is 1. The number of methoxy groups -OCH3 is 2. The van der Waals surface area contributed by atoms with E-state index in [4.69, 9.17) is 9.47 Å². The number of phenols is 1. The second-order valence-electron chi connectivity index (χ2n) is 5.09. The van der Waals surface area contributed by atoms with Crippen LogP contribution in [-0.2, 0) is 4.74 Å². The minimum Gasteiger partial charge on any atom is -0.504 e. The summed E-state index contributed by atoms with van der Waals surface area (Å²) in [6.45, 7) is 0. The first-order valence-electron chi connectivity index (χ1n) is 6.97. The quantitative estimate of drug-likeness (QED) is 0.342. The smallest absolute Gasteiger partial charge is 0.338 e. The second kappa shape index (κ2) is 5.69. The van der Waals surface area contributed by atoms with Crippen LogP contribution in [0.2, 0.25) is 0 Å². The van der Waals surface area contributed by atoms with Crippen LogP contribution in [0.5, 0.6) is 11.5 Å². The van der Waals surface area contributed by atoms with Gasteiger partial charge in [-0.3, -0.25) is 10.1 Å². The summed E-state index contributed by atoms with van der Waals surface area (Å²) in [6, 6.07) is 9.46. The van der Waals surface area contributed by atoms with Crippen LogP contribution >= 0.6 is 0 Å². The Hall–Kier alpha value is -3.35. The van der Waals surface area contributed by atoms with E-state index in [0.29, 0.717) is 16.2 Å². The second-order valence-corrected chi connectivity index (χ2v) is 5.09. The third-order valence-electron chi connectivity index (χ3n) is 3.84. The van der Waals surface area contributed by atoms with Crippen molar-refractivity contribution in [2.24, 2.45) is 0 Å². The summed E-state index contributed by atoms with van der Waals surface area (Å²) in [5.74, 6) is -1.01. The maximum absolute atomic E-state index is 12.1. The van der Waals surface area contributed by atoms with Crippen molar-refractivity contribution in [2.45, 2.75) is 0 Å². The van der Waals surface area contributed by atoms with Gasteiger partial charge in [-0.2, -0.15) is 0 Å². The van der Waals surface area contributed by atoms with Gasteiger partial charge in [0, 0.05) is 11.5 Å². The number of fused-ring (bicyclic) bond motifs is 3. The van der Waals surface area contributed by atoms with E-state index in [1.807, 2.05) is 0 Å². The molecule has 0 fully saturated rings. The number of phenolic OH excluding ortho intramolecular Hbond substituents is 1. The highest BCUT2D eigenvalue weighted by molar-refractivity contribution is 6.21. The molecule has 3 aromatic carbocycles. The molecule has 0 spiro atoms. The van der Waals surface area contributed by atoms with E-state index in [0.717, 1.165) is 6.07 Å². The van der Waals surface area contributed by atoms with Gasteiger partial charge in [0.1, 0.15) is 0 Å². The third-order valence-corrected chi connectivity index (χ3v) is 3.84. The molecule has 0 bridgehead atoms. The van der Waals surface area contributed by atoms with Crippen LogP contribution in [0.15, 0.2) is 36.4 Å². The molecule has 0 radical (unpaired) electrons. The van der Waals surface area contributed by atoms with Crippen LogP contribution < -0.4 is 4.74 Å². The first-order valence-corrected chi connectivity index (χ1v) is 6.97. The van der Waals surface area contributed by atoms with E-state index in [2.05, 4.69) is 0 Å².